The van der Waals surface area contributed by atoms with E-state index < -0.39 is 11.9 Å². The highest BCUT2D eigenvalue weighted by atomic mass is 79.9. The third-order valence-electron chi connectivity index (χ3n) is 4.17. The van der Waals surface area contributed by atoms with Gasteiger partial charge >= 0.3 is 6.18 Å². The fraction of sp³-hybridized carbons (Fsp3) is 0.375. The molecule has 0 spiro atoms. The molecule has 0 fully saturated rings. The molecule has 0 saturated heterocycles. The van der Waals surface area contributed by atoms with Gasteiger partial charge in [-0.2, -0.15) is 18.3 Å². The molecule has 0 unspecified atom stereocenters. The lowest BCUT2D eigenvalue weighted by atomic mass is 10.00. The molecule has 1 aromatic heterocycles. The lowest BCUT2D eigenvalue weighted by Gasteiger charge is -2.29. The number of hydrogen-bond donors (Lipinski definition) is 0. The summed E-state index contributed by atoms with van der Waals surface area (Å²) in [4.78, 5) is 14.1. The van der Waals surface area contributed by atoms with Crippen LogP contribution in [-0.2, 0) is 30.5 Å². The Kier molecular flexibility index (Phi) is 4.42. The van der Waals surface area contributed by atoms with E-state index in [0.29, 0.717) is 13.1 Å². The zero-order valence-electron chi connectivity index (χ0n) is 12.9. The Balaban J connectivity index is 1.77. The molecule has 0 atom stereocenters. The summed E-state index contributed by atoms with van der Waals surface area (Å²) in [7, 11) is 0. The van der Waals surface area contributed by atoms with Crippen LogP contribution in [0.2, 0.25) is 0 Å². The van der Waals surface area contributed by atoms with Crippen molar-refractivity contribution in [3.05, 3.63) is 51.3 Å². The van der Waals surface area contributed by atoms with Crippen molar-refractivity contribution >= 4 is 21.8 Å². The summed E-state index contributed by atoms with van der Waals surface area (Å²) >= 11 is 2.92. The first kappa shape index (κ1) is 17.0. The molecule has 3 rings (SSSR count). The van der Waals surface area contributed by atoms with Gasteiger partial charge < -0.3 is 4.90 Å². The van der Waals surface area contributed by atoms with Crippen LogP contribution in [0.1, 0.15) is 22.5 Å². The predicted molar refractivity (Wildman–Crippen MR) is 85.2 cm³/mol. The number of halogens is 4. The molecular formula is C16H15BrF3N3O. The number of benzene rings is 1. The van der Waals surface area contributed by atoms with Crippen LogP contribution in [-0.4, -0.2) is 27.1 Å². The summed E-state index contributed by atoms with van der Waals surface area (Å²) in [6.07, 6.45) is -3.81. The molecule has 4 nitrogen and oxygen atoms in total. The molecule has 0 saturated carbocycles. The fourth-order valence-corrected chi connectivity index (χ4v) is 3.30. The van der Waals surface area contributed by atoms with E-state index in [-0.39, 0.29) is 22.6 Å². The molecule has 0 radical (unpaired) electrons. The monoisotopic (exact) mass is 401 g/mol. The lowest BCUT2D eigenvalue weighted by Crippen LogP contribution is -2.38. The lowest BCUT2D eigenvalue weighted by molar-refractivity contribution is -0.142. The molecule has 2 aromatic rings. The highest BCUT2D eigenvalue weighted by molar-refractivity contribution is 9.10. The number of aromatic nitrogens is 2. The summed E-state index contributed by atoms with van der Waals surface area (Å²) in [5, 5.41) is 3.56. The molecule has 0 N–H and O–H groups in total. The van der Waals surface area contributed by atoms with Crippen LogP contribution in [0.3, 0.4) is 0 Å². The molecule has 1 amide bonds. The van der Waals surface area contributed by atoms with Gasteiger partial charge in [0.05, 0.1) is 10.2 Å². The van der Waals surface area contributed by atoms with E-state index in [1.165, 1.54) is 12.5 Å². The minimum atomic E-state index is -4.55. The van der Waals surface area contributed by atoms with Gasteiger partial charge in [-0.1, -0.05) is 24.3 Å². The minimum absolute atomic E-state index is 0.119. The highest BCUT2D eigenvalue weighted by Crippen LogP contribution is 2.35. The maximum atomic E-state index is 12.9. The molecule has 2 heterocycles. The number of fused-ring (bicyclic) bond motifs is 1. The van der Waals surface area contributed by atoms with Crippen molar-refractivity contribution in [2.45, 2.75) is 32.6 Å². The third kappa shape index (κ3) is 3.19. The Morgan fingerprint density at radius 2 is 1.96 bits per heavy atom. The zero-order valence-corrected chi connectivity index (χ0v) is 14.5. The third-order valence-corrected chi connectivity index (χ3v) is 5.12. The molecule has 0 bridgehead atoms. The molecule has 128 valence electrons. The van der Waals surface area contributed by atoms with Gasteiger partial charge in [0.1, 0.15) is 6.54 Å². The first-order chi connectivity index (χ1) is 11.3. The van der Waals surface area contributed by atoms with Crippen LogP contribution in [0.5, 0.6) is 0 Å². The van der Waals surface area contributed by atoms with Crippen molar-refractivity contribution in [2.75, 3.05) is 6.54 Å². The van der Waals surface area contributed by atoms with Gasteiger partial charge in [-0.05, 0) is 40.4 Å². The first-order valence-electron chi connectivity index (χ1n) is 7.42. The summed E-state index contributed by atoms with van der Waals surface area (Å²) in [6.45, 7) is 2.33. The summed E-state index contributed by atoms with van der Waals surface area (Å²) in [5.74, 6) is -0.240. The van der Waals surface area contributed by atoms with Gasteiger partial charge in [-0.3, -0.25) is 9.48 Å². The van der Waals surface area contributed by atoms with Gasteiger partial charge in [0.25, 0.3) is 0 Å². The van der Waals surface area contributed by atoms with Crippen molar-refractivity contribution in [1.29, 1.82) is 0 Å². The number of amides is 1. The Morgan fingerprint density at radius 1 is 1.29 bits per heavy atom. The SMILES string of the molecule is Cc1c(Br)c(C(F)(F)F)nn1CC(=O)N1CCc2ccccc2C1. The average molecular weight is 402 g/mol. The van der Waals surface area contributed by atoms with Gasteiger partial charge in [0, 0.05) is 13.1 Å². The number of rotatable bonds is 2. The number of alkyl halides is 3. The average Bonchev–Trinajstić information content (AvgIpc) is 2.83. The van der Waals surface area contributed by atoms with Crippen molar-refractivity contribution in [1.82, 2.24) is 14.7 Å². The van der Waals surface area contributed by atoms with E-state index in [0.717, 1.165) is 16.7 Å². The normalized spacial score (nSPS) is 14.6. The largest absolute Gasteiger partial charge is 0.436 e. The number of hydrogen-bond acceptors (Lipinski definition) is 2. The van der Waals surface area contributed by atoms with Crippen molar-refractivity contribution in [2.24, 2.45) is 0 Å². The Hall–Kier alpha value is -1.83. The van der Waals surface area contributed by atoms with E-state index in [1.807, 2.05) is 24.3 Å². The fourth-order valence-electron chi connectivity index (χ4n) is 2.80. The Morgan fingerprint density at radius 3 is 2.58 bits per heavy atom. The van der Waals surface area contributed by atoms with Gasteiger partial charge in [0.2, 0.25) is 5.91 Å². The standard InChI is InChI=1S/C16H15BrF3N3O/c1-10-14(17)15(16(18,19)20)21-23(10)9-13(24)22-7-6-11-4-2-3-5-12(11)8-22/h2-5H,6-9H2,1H3. The van der Waals surface area contributed by atoms with E-state index >= 15 is 0 Å². The van der Waals surface area contributed by atoms with Crippen molar-refractivity contribution in [3.63, 3.8) is 0 Å². The highest BCUT2D eigenvalue weighted by Gasteiger charge is 2.38. The molecule has 0 aliphatic carbocycles. The second kappa shape index (κ2) is 6.23. The van der Waals surface area contributed by atoms with Crippen molar-refractivity contribution < 1.29 is 18.0 Å². The zero-order chi connectivity index (χ0) is 17.5. The Bertz CT molecular complexity index is 785. The minimum Gasteiger partial charge on any atom is -0.336 e. The van der Waals surface area contributed by atoms with Crippen LogP contribution >= 0.6 is 15.9 Å². The van der Waals surface area contributed by atoms with Gasteiger partial charge in [0.15, 0.2) is 5.69 Å². The molecule has 1 aliphatic heterocycles. The molecule has 8 heteroatoms. The number of carbonyl (C=O) groups excluding carboxylic acids is 1. The van der Waals surface area contributed by atoms with Gasteiger partial charge in [-0.25, -0.2) is 0 Å². The topological polar surface area (TPSA) is 38.1 Å². The van der Waals surface area contributed by atoms with Gasteiger partial charge in [-0.15, -0.1) is 0 Å². The van der Waals surface area contributed by atoms with Crippen LogP contribution in [0.15, 0.2) is 28.7 Å². The van der Waals surface area contributed by atoms with Crippen LogP contribution in [0.4, 0.5) is 13.2 Å². The smallest absolute Gasteiger partial charge is 0.336 e. The van der Waals surface area contributed by atoms with E-state index in [9.17, 15) is 18.0 Å². The molecule has 1 aliphatic rings. The van der Waals surface area contributed by atoms with E-state index in [2.05, 4.69) is 21.0 Å². The maximum absolute atomic E-state index is 12.9. The summed E-state index contributed by atoms with van der Waals surface area (Å²) < 4.78 is 39.7. The quantitative estimate of drug-likeness (QED) is 0.771. The summed E-state index contributed by atoms with van der Waals surface area (Å²) in [6, 6.07) is 7.87. The van der Waals surface area contributed by atoms with Crippen LogP contribution < -0.4 is 0 Å². The first-order valence-corrected chi connectivity index (χ1v) is 8.21. The molecular weight excluding hydrogens is 387 g/mol. The summed E-state index contributed by atoms with van der Waals surface area (Å²) in [5.41, 5.74) is 1.57. The second-order valence-electron chi connectivity index (χ2n) is 5.74. The van der Waals surface area contributed by atoms with E-state index in [4.69, 9.17) is 0 Å². The number of nitrogens with zero attached hydrogens (tertiary/aromatic N) is 3. The second-order valence-corrected chi connectivity index (χ2v) is 6.53. The van der Waals surface area contributed by atoms with Crippen LogP contribution in [0.25, 0.3) is 0 Å². The molecule has 1 aromatic carbocycles. The Labute approximate surface area is 145 Å². The number of carbonyl (C=O) groups is 1. The van der Waals surface area contributed by atoms with Crippen molar-refractivity contribution in [3.8, 4) is 0 Å². The van der Waals surface area contributed by atoms with E-state index in [1.54, 1.807) is 4.90 Å². The maximum Gasteiger partial charge on any atom is 0.436 e. The molecule has 24 heavy (non-hydrogen) atoms. The predicted octanol–water partition coefficient (Wildman–Crippen LogP) is 3.56. The van der Waals surface area contributed by atoms with Crippen LogP contribution in [0, 0.1) is 6.92 Å².